The summed E-state index contributed by atoms with van der Waals surface area (Å²) in [6.07, 6.45) is 0.0513. The second-order valence-electron chi connectivity index (χ2n) is 2.87. The zero-order chi connectivity index (χ0) is 11.3. The molecule has 1 amide bonds. The van der Waals surface area contributed by atoms with Gasteiger partial charge < -0.3 is 15.2 Å². The lowest BCUT2D eigenvalue weighted by Gasteiger charge is -2.09. The van der Waals surface area contributed by atoms with Crippen LogP contribution in [0.3, 0.4) is 0 Å². The Hall–Kier alpha value is -1.26. The van der Waals surface area contributed by atoms with Crippen LogP contribution in [0, 0.1) is 0 Å². The fourth-order valence-electron chi connectivity index (χ4n) is 1.09. The van der Waals surface area contributed by atoms with Crippen LogP contribution in [0.4, 0.5) is 5.69 Å². The Labute approximate surface area is 92.8 Å². The molecule has 0 aliphatic carbocycles. The van der Waals surface area contributed by atoms with Gasteiger partial charge in [-0.1, -0.05) is 11.6 Å². The molecule has 0 saturated carbocycles. The number of rotatable bonds is 4. The van der Waals surface area contributed by atoms with E-state index in [1.807, 2.05) is 0 Å². The largest absolute Gasteiger partial charge is 0.495 e. The van der Waals surface area contributed by atoms with E-state index in [1.54, 1.807) is 18.2 Å². The van der Waals surface area contributed by atoms with Crippen molar-refractivity contribution >= 4 is 23.2 Å². The van der Waals surface area contributed by atoms with Gasteiger partial charge in [0, 0.05) is 5.02 Å². The number of carbonyl (C=O) groups is 1. The number of amides is 1. The summed E-state index contributed by atoms with van der Waals surface area (Å²) in [6.45, 7) is -0.186. The maximum Gasteiger partial charge on any atom is 0.226 e. The summed E-state index contributed by atoms with van der Waals surface area (Å²) >= 11 is 5.78. The number of carbonyl (C=O) groups excluding carboxylic acids is 1. The summed E-state index contributed by atoms with van der Waals surface area (Å²) in [4.78, 5) is 11.2. The summed E-state index contributed by atoms with van der Waals surface area (Å²) in [7, 11) is 1.50. The number of aliphatic hydroxyl groups is 1. The summed E-state index contributed by atoms with van der Waals surface area (Å²) in [6, 6.07) is 4.93. The van der Waals surface area contributed by atoms with Crippen LogP contribution < -0.4 is 10.1 Å². The minimum Gasteiger partial charge on any atom is -0.495 e. The molecule has 2 N–H and O–H groups in total. The molecule has 0 heterocycles. The van der Waals surface area contributed by atoms with Gasteiger partial charge in [-0.15, -0.1) is 0 Å². The highest BCUT2D eigenvalue weighted by atomic mass is 35.5. The monoisotopic (exact) mass is 229 g/mol. The summed E-state index contributed by atoms with van der Waals surface area (Å²) < 4.78 is 5.04. The lowest BCUT2D eigenvalue weighted by molar-refractivity contribution is -0.116. The highest BCUT2D eigenvalue weighted by Crippen LogP contribution is 2.27. The standard InChI is InChI=1S/C10H12ClNO3/c1-15-9-3-2-7(11)6-8(9)12-10(14)4-5-13/h2-3,6,13H,4-5H2,1H3,(H,12,14). The summed E-state index contributed by atoms with van der Waals surface area (Å²) in [5.41, 5.74) is 0.503. The number of methoxy groups -OCH3 is 1. The Balaban J connectivity index is 2.82. The molecule has 0 atom stereocenters. The first-order valence-electron chi connectivity index (χ1n) is 4.41. The highest BCUT2D eigenvalue weighted by Gasteiger charge is 2.07. The van der Waals surface area contributed by atoms with Gasteiger partial charge in [-0.25, -0.2) is 0 Å². The summed E-state index contributed by atoms with van der Waals surface area (Å²) in [5, 5.41) is 11.7. The average Bonchev–Trinajstić information content (AvgIpc) is 2.18. The van der Waals surface area contributed by atoms with Crippen molar-refractivity contribution in [1.29, 1.82) is 0 Å². The van der Waals surface area contributed by atoms with E-state index in [9.17, 15) is 4.79 Å². The van der Waals surface area contributed by atoms with E-state index in [1.165, 1.54) is 7.11 Å². The zero-order valence-electron chi connectivity index (χ0n) is 8.29. The van der Waals surface area contributed by atoms with Gasteiger partial charge in [0.05, 0.1) is 25.8 Å². The van der Waals surface area contributed by atoms with Gasteiger partial charge in [-0.05, 0) is 18.2 Å². The second-order valence-corrected chi connectivity index (χ2v) is 3.30. The minimum atomic E-state index is -0.280. The normalized spacial score (nSPS) is 9.80. The van der Waals surface area contributed by atoms with Gasteiger partial charge in [-0.3, -0.25) is 4.79 Å². The van der Waals surface area contributed by atoms with Crippen LogP contribution in [-0.2, 0) is 4.79 Å². The molecular weight excluding hydrogens is 218 g/mol. The third kappa shape index (κ3) is 3.42. The van der Waals surface area contributed by atoms with Crippen molar-refractivity contribution in [2.24, 2.45) is 0 Å². The average molecular weight is 230 g/mol. The molecule has 1 aromatic carbocycles. The third-order valence-corrected chi connectivity index (χ3v) is 2.01. The molecule has 15 heavy (non-hydrogen) atoms. The number of hydrogen-bond donors (Lipinski definition) is 2. The highest BCUT2D eigenvalue weighted by molar-refractivity contribution is 6.31. The number of halogens is 1. The lowest BCUT2D eigenvalue weighted by Crippen LogP contribution is -2.13. The van der Waals surface area contributed by atoms with Crippen LogP contribution in [0.2, 0.25) is 5.02 Å². The van der Waals surface area contributed by atoms with E-state index in [0.29, 0.717) is 16.5 Å². The summed E-state index contributed by atoms with van der Waals surface area (Å²) in [5.74, 6) is 0.253. The molecule has 5 heteroatoms. The molecule has 0 aromatic heterocycles. The van der Waals surface area contributed by atoms with Gasteiger partial charge in [0.1, 0.15) is 5.75 Å². The molecule has 0 spiro atoms. The van der Waals surface area contributed by atoms with Crippen LogP contribution in [0.15, 0.2) is 18.2 Å². The Morgan fingerprint density at radius 1 is 1.60 bits per heavy atom. The van der Waals surface area contributed by atoms with Crippen LogP contribution >= 0.6 is 11.6 Å². The topological polar surface area (TPSA) is 58.6 Å². The molecule has 4 nitrogen and oxygen atoms in total. The second kappa shape index (κ2) is 5.58. The van der Waals surface area contributed by atoms with Crippen LogP contribution in [0.25, 0.3) is 0 Å². The zero-order valence-corrected chi connectivity index (χ0v) is 9.04. The van der Waals surface area contributed by atoms with Gasteiger partial charge in [0.15, 0.2) is 0 Å². The van der Waals surface area contributed by atoms with Crippen LogP contribution in [-0.4, -0.2) is 24.7 Å². The number of aliphatic hydroxyl groups excluding tert-OH is 1. The molecule has 0 aliphatic rings. The lowest BCUT2D eigenvalue weighted by atomic mass is 10.3. The fraction of sp³-hybridized carbons (Fsp3) is 0.300. The van der Waals surface area contributed by atoms with Gasteiger partial charge in [0.2, 0.25) is 5.91 Å². The van der Waals surface area contributed by atoms with E-state index in [4.69, 9.17) is 21.4 Å². The molecule has 0 radical (unpaired) electrons. The van der Waals surface area contributed by atoms with Crippen molar-refractivity contribution in [3.05, 3.63) is 23.2 Å². The maximum atomic E-state index is 11.2. The Bertz CT molecular complexity index is 355. The van der Waals surface area contributed by atoms with Crippen molar-refractivity contribution in [2.45, 2.75) is 6.42 Å². The van der Waals surface area contributed by atoms with Gasteiger partial charge in [0.25, 0.3) is 0 Å². The van der Waals surface area contributed by atoms with Crippen molar-refractivity contribution in [1.82, 2.24) is 0 Å². The molecular formula is C10H12ClNO3. The molecule has 1 rings (SSSR count). The Kier molecular flexibility index (Phi) is 4.39. The molecule has 0 saturated heterocycles. The van der Waals surface area contributed by atoms with E-state index in [-0.39, 0.29) is 18.9 Å². The first kappa shape index (κ1) is 11.8. The molecule has 0 bridgehead atoms. The van der Waals surface area contributed by atoms with Gasteiger partial charge >= 0.3 is 0 Å². The van der Waals surface area contributed by atoms with E-state index < -0.39 is 0 Å². The van der Waals surface area contributed by atoms with Crippen LogP contribution in [0.5, 0.6) is 5.75 Å². The molecule has 82 valence electrons. The van der Waals surface area contributed by atoms with E-state index in [0.717, 1.165) is 0 Å². The molecule has 0 fully saturated rings. The van der Waals surface area contributed by atoms with Crippen molar-refractivity contribution in [3.63, 3.8) is 0 Å². The number of hydrogen-bond acceptors (Lipinski definition) is 3. The first-order chi connectivity index (χ1) is 7.17. The fourth-order valence-corrected chi connectivity index (χ4v) is 1.26. The Morgan fingerprint density at radius 3 is 2.93 bits per heavy atom. The Morgan fingerprint density at radius 2 is 2.33 bits per heavy atom. The number of nitrogens with one attached hydrogen (secondary N) is 1. The number of benzene rings is 1. The van der Waals surface area contributed by atoms with E-state index in [2.05, 4.69) is 5.32 Å². The minimum absolute atomic E-state index is 0.0513. The maximum absolute atomic E-state index is 11.2. The van der Waals surface area contributed by atoms with Crippen molar-refractivity contribution in [2.75, 3.05) is 19.0 Å². The predicted molar refractivity (Wildman–Crippen MR) is 58.3 cm³/mol. The quantitative estimate of drug-likeness (QED) is 0.826. The number of ether oxygens (including phenoxy) is 1. The number of anilines is 1. The molecule has 0 aliphatic heterocycles. The van der Waals surface area contributed by atoms with Crippen molar-refractivity contribution < 1.29 is 14.6 Å². The predicted octanol–water partition coefficient (Wildman–Crippen LogP) is 1.67. The van der Waals surface area contributed by atoms with Crippen molar-refractivity contribution in [3.8, 4) is 5.75 Å². The van der Waals surface area contributed by atoms with Gasteiger partial charge in [-0.2, -0.15) is 0 Å². The van der Waals surface area contributed by atoms with E-state index >= 15 is 0 Å². The first-order valence-corrected chi connectivity index (χ1v) is 4.79. The SMILES string of the molecule is COc1ccc(Cl)cc1NC(=O)CCO. The van der Waals surface area contributed by atoms with Crippen LogP contribution in [0.1, 0.15) is 6.42 Å². The smallest absolute Gasteiger partial charge is 0.226 e. The molecule has 0 unspecified atom stereocenters. The molecule has 1 aromatic rings. The third-order valence-electron chi connectivity index (χ3n) is 1.77.